The van der Waals surface area contributed by atoms with Gasteiger partial charge in [-0.15, -0.1) is 23.1 Å². The van der Waals surface area contributed by atoms with Gasteiger partial charge in [0.15, 0.2) is 0 Å². The number of thioether (sulfide) groups is 1. The van der Waals surface area contributed by atoms with Gasteiger partial charge in [-0.05, 0) is 29.1 Å². The molecule has 2 aromatic rings. The number of halogens is 1. The number of nitrogens with one attached hydrogen (secondary N) is 1. The van der Waals surface area contributed by atoms with Gasteiger partial charge in [0.25, 0.3) is 0 Å². The second kappa shape index (κ2) is 7.58. The van der Waals surface area contributed by atoms with Gasteiger partial charge in [-0.3, -0.25) is 4.79 Å². The Labute approximate surface area is 126 Å². The molecule has 100 valence electrons. The van der Waals surface area contributed by atoms with Crippen LogP contribution in [0.2, 0.25) is 5.02 Å². The Bertz CT molecular complexity index is 528. The molecule has 0 saturated heterocycles. The molecule has 0 saturated carbocycles. The maximum atomic E-state index is 11.6. The second-order valence-corrected chi connectivity index (χ2v) is 6.43. The van der Waals surface area contributed by atoms with Gasteiger partial charge < -0.3 is 5.32 Å². The molecule has 5 heteroatoms. The Balaban J connectivity index is 1.66. The third-order valence-electron chi connectivity index (χ3n) is 2.43. The minimum absolute atomic E-state index is 0.0698. The minimum Gasteiger partial charge on any atom is -0.350 e. The van der Waals surface area contributed by atoms with Gasteiger partial charge in [0.2, 0.25) is 5.91 Å². The Morgan fingerprint density at radius 1 is 1.32 bits per heavy atom. The first kappa shape index (κ1) is 14.4. The van der Waals surface area contributed by atoms with Crippen molar-refractivity contribution in [2.75, 3.05) is 5.75 Å². The minimum atomic E-state index is 0.0698. The smallest absolute Gasteiger partial charge is 0.230 e. The van der Waals surface area contributed by atoms with Crippen LogP contribution < -0.4 is 5.32 Å². The molecule has 0 aliphatic heterocycles. The first-order chi connectivity index (χ1) is 9.24. The SMILES string of the molecule is O=C(CSCc1cccc(Cl)c1)NCc1cccs1. The Morgan fingerprint density at radius 3 is 2.95 bits per heavy atom. The van der Waals surface area contributed by atoms with Crippen LogP contribution in [0.15, 0.2) is 41.8 Å². The number of amides is 1. The van der Waals surface area contributed by atoms with Crippen LogP contribution in [0.4, 0.5) is 0 Å². The van der Waals surface area contributed by atoms with Crippen molar-refractivity contribution < 1.29 is 4.79 Å². The molecule has 1 N–H and O–H groups in total. The predicted octanol–water partition coefficient (Wildman–Crippen LogP) is 3.95. The largest absolute Gasteiger partial charge is 0.350 e. The van der Waals surface area contributed by atoms with Gasteiger partial charge in [-0.2, -0.15) is 0 Å². The maximum absolute atomic E-state index is 11.6. The molecule has 1 heterocycles. The molecule has 0 atom stereocenters. The lowest BCUT2D eigenvalue weighted by molar-refractivity contribution is -0.118. The summed E-state index contributed by atoms with van der Waals surface area (Å²) in [5.74, 6) is 1.34. The molecule has 0 aliphatic carbocycles. The van der Waals surface area contributed by atoms with Crippen molar-refractivity contribution in [3.05, 3.63) is 57.2 Å². The lowest BCUT2D eigenvalue weighted by Gasteiger charge is -2.04. The summed E-state index contributed by atoms with van der Waals surface area (Å²) in [6.07, 6.45) is 0. The van der Waals surface area contributed by atoms with E-state index in [4.69, 9.17) is 11.6 Å². The van der Waals surface area contributed by atoms with Crippen LogP contribution in [0, 0.1) is 0 Å². The fraction of sp³-hybridized carbons (Fsp3) is 0.214. The van der Waals surface area contributed by atoms with E-state index in [0.29, 0.717) is 12.3 Å². The van der Waals surface area contributed by atoms with Crippen molar-refractivity contribution in [1.82, 2.24) is 5.32 Å². The first-order valence-corrected chi connectivity index (χ1v) is 8.26. The molecule has 1 aromatic heterocycles. The Hall–Kier alpha value is -0.970. The van der Waals surface area contributed by atoms with Crippen molar-refractivity contribution >= 4 is 40.6 Å². The molecule has 1 amide bonds. The third-order valence-corrected chi connectivity index (χ3v) is 4.55. The van der Waals surface area contributed by atoms with Crippen molar-refractivity contribution in [1.29, 1.82) is 0 Å². The molecule has 0 radical (unpaired) electrons. The second-order valence-electron chi connectivity index (χ2n) is 3.98. The third kappa shape index (κ3) is 5.27. The molecule has 2 rings (SSSR count). The average Bonchev–Trinajstić information content (AvgIpc) is 2.89. The zero-order valence-electron chi connectivity index (χ0n) is 10.3. The lowest BCUT2D eigenvalue weighted by atomic mass is 10.2. The number of carbonyl (C=O) groups excluding carboxylic acids is 1. The predicted molar refractivity (Wildman–Crippen MR) is 83.8 cm³/mol. The highest BCUT2D eigenvalue weighted by Gasteiger charge is 2.03. The van der Waals surface area contributed by atoms with Gasteiger partial charge in [-0.25, -0.2) is 0 Å². The summed E-state index contributed by atoms with van der Waals surface area (Å²) in [6.45, 7) is 0.619. The van der Waals surface area contributed by atoms with Crippen LogP contribution in [0.5, 0.6) is 0 Å². The van der Waals surface area contributed by atoms with E-state index in [0.717, 1.165) is 16.3 Å². The fourth-order valence-corrected chi connectivity index (χ4v) is 3.20. The number of rotatable bonds is 6. The quantitative estimate of drug-likeness (QED) is 0.875. The van der Waals surface area contributed by atoms with Crippen molar-refractivity contribution in [3.63, 3.8) is 0 Å². The van der Waals surface area contributed by atoms with E-state index in [-0.39, 0.29) is 5.91 Å². The molecule has 19 heavy (non-hydrogen) atoms. The van der Waals surface area contributed by atoms with Gasteiger partial charge in [0.1, 0.15) is 0 Å². The van der Waals surface area contributed by atoms with E-state index in [9.17, 15) is 4.79 Å². The van der Waals surface area contributed by atoms with Gasteiger partial charge in [0.05, 0.1) is 12.3 Å². The van der Waals surface area contributed by atoms with E-state index >= 15 is 0 Å². The number of hydrogen-bond donors (Lipinski definition) is 1. The number of thiophene rings is 1. The fourth-order valence-electron chi connectivity index (χ4n) is 1.54. The van der Waals surface area contributed by atoms with Crippen molar-refractivity contribution in [3.8, 4) is 0 Å². The zero-order chi connectivity index (χ0) is 13.5. The highest BCUT2D eigenvalue weighted by atomic mass is 35.5. The maximum Gasteiger partial charge on any atom is 0.230 e. The molecule has 0 aliphatic rings. The molecule has 0 fully saturated rings. The molecular formula is C14H14ClNOS2. The first-order valence-electron chi connectivity index (χ1n) is 5.85. The van der Waals surface area contributed by atoms with Gasteiger partial charge >= 0.3 is 0 Å². The summed E-state index contributed by atoms with van der Waals surface area (Å²) in [5, 5.41) is 5.65. The normalized spacial score (nSPS) is 10.4. The van der Waals surface area contributed by atoms with Gasteiger partial charge in [0, 0.05) is 15.7 Å². The summed E-state index contributed by atoms with van der Waals surface area (Å²) >= 11 is 9.15. The topological polar surface area (TPSA) is 29.1 Å². The molecule has 0 bridgehead atoms. The van der Waals surface area contributed by atoms with Crippen LogP contribution in [-0.4, -0.2) is 11.7 Å². The van der Waals surface area contributed by atoms with E-state index < -0.39 is 0 Å². The van der Waals surface area contributed by atoms with Crippen LogP contribution in [-0.2, 0) is 17.1 Å². The Kier molecular flexibility index (Phi) is 5.76. The summed E-state index contributed by atoms with van der Waals surface area (Å²) in [6, 6.07) is 11.7. The van der Waals surface area contributed by atoms with Crippen LogP contribution >= 0.6 is 34.7 Å². The van der Waals surface area contributed by atoms with E-state index in [1.807, 2.05) is 41.8 Å². The Morgan fingerprint density at radius 2 is 2.21 bits per heavy atom. The lowest BCUT2D eigenvalue weighted by Crippen LogP contribution is -2.24. The molecule has 2 nitrogen and oxygen atoms in total. The number of carbonyl (C=O) groups is 1. The zero-order valence-corrected chi connectivity index (χ0v) is 12.7. The number of hydrogen-bond acceptors (Lipinski definition) is 3. The summed E-state index contributed by atoms with van der Waals surface area (Å²) in [4.78, 5) is 12.8. The van der Waals surface area contributed by atoms with E-state index in [1.54, 1.807) is 23.1 Å². The standard InChI is InChI=1S/C14H14ClNOS2/c15-12-4-1-3-11(7-12)9-18-10-14(17)16-8-13-5-2-6-19-13/h1-7H,8-10H2,(H,16,17). The van der Waals surface area contributed by atoms with Crippen LogP contribution in [0.3, 0.4) is 0 Å². The highest BCUT2D eigenvalue weighted by molar-refractivity contribution is 7.99. The summed E-state index contributed by atoms with van der Waals surface area (Å²) in [5.41, 5.74) is 1.14. The van der Waals surface area contributed by atoms with Gasteiger partial charge in [-0.1, -0.05) is 29.8 Å². The van der Waals surface area contributed by atoms with Crippen LogP contribution in [0.1, 0.15) is 10.4 Å². The van der Waals surface area contributed by atoms with Crippen LogP contribution in [0.25, 0.3) is 0 Å². The summed E-state index contributed by atoms with van der Waals surface area (Å²) in [7, 11) is 0. The average molecular weight is 312 g/mol. The van der Waals surface area contributed by atoms with E-state index in [1.165, 1.54) is 4.88 Å². The molecule has 0 unspecified atom stereocenters. The monoisotopic (exact) mass is 311 g/mol. The van der Waals surface area contributed by atoms with Crippen molar-refractivity contribution in [2.24, 2.45) is 0 Å². The molecule has 0 spiro atoms. The molecule has 1 aromatic carbocycles. The van der Waals surface area contributed by atoms with E-state index in [2.05, 4.69) is 5.32 Å². The number of benzene rings is 1. The molecular weight excluding hydrogens is 298 g/mol. The summed E-state index contributed by atoms with van der Waals surface area (Å²) < 4.78 is 0. The van der Waals surface area contributed by atoms with Crippen molar-refractivity contribution in [2.45, 2.75) is 12.3 Å². The highest BCUT2D eigenvalue weighted by Crippen LogP contribution is 2.16.